The number of aromatic nitrogens is 3. The third kappa shape index (κ3) is 3.59. The van der Waals surface area contributed by atoms with Gasteiger partial charge in [-0.05, 0) is 41.1 Å². The van der Waals surface area contributed by atoms with Crippen molar-refractivity contribution < 1.29 is 4.79 Å². The molecular formula is C20H15BrN4O2. The first-order chi connectivity index (χ1) is 13.1. The van der Waals surface area contributed by atoms with Crippen LogP contribution in [0.2, 0.25) is 0 Å². The smallest absolute Gasteiger partial charge is 0.277 e. The quantitative estimate of drug-likeness (QED) is 0.543. The van der Waals surface area contributed by atoms with Gasteiger partial charge in [0, 0.05) is 16.6 Å². The van der Waals surface area contributed by atoms with Crippen LogP contribution in [0.25, 0.3) is 21.7 Å². The van der Waals surface area contributed by atoms with E-state index in [1.165, 1.54) is 4.68 Å². The van der Waals surface area contributed by atoms with Crippen molar-refractivity contribution in [1.82, 2.24) is 15.0 Å². The molecule has 27 heavy (non-hydrogen) atoms. The van der Waals surface area contributed by atoms with Crippen molar-refractivity contribution in [3.63, 3.8) is 0 Å². The van der Waals surface area contributed by atoms with E-state index in [2.05, 4.69) is 31.6 Å². The van der Waals surface area contributed by atoms with E-state index in [1.54, 1.807) is 24.3 Å². The van der Waals surface area contributed by atoms with Gasteiger partial charge in [-0.1, -0.05) is 51.5 Å². The largest absolute Gasteiger partial charge is 0.326 e. The van der Waals surface area contributed by atoms with E-state index in [4.69, 9.17) is 0 Å². The second-order valence-electron chi connectivity index (χ2n) is 6.11. The molecule has 0 atom stereocenters. The van der Waals surface area contributed by atoms with Gasteiger partial charge in [-0.2, -0.15) is 0 Å². The number of fused-ring (bicyclic) bond motifs is 2. The lowest BCUT2D eigenvalue weighted by Gasteiger charge is -2.08. The zero-order chi connectivity index (χ0) is 18.8. The molecule has 4 aromatic rings. The Kier molecular flexibility index (Phi) is 4.68. The second kappa shape index (κ2) is 7.28. The molecule has 0 saturated heterocycles. The Balaban J connectivity index is 1.47. The van der Waals surface area contributed by atoms with Crippen LogP contribution in [0.15, 0.2) is 69.9 Å². The van der Waals surface area contributed by atoms with Gasteiger partial charge in [0.2, 0.25) is 5.91 Å². The van der Waals surface area contributed by atoms with Gasteiger partial charge < -0.3 is 5.32 Å². The Morgan fingerprint density at radius 3 is 2.78 bits per heavy atom. The lowest BCUT2D eigenvalue weighted by atomic mass is 10.1. The third-order valence-electron chi connectivity index (χ3n) is 4.29. The number of anilines is 1. The minimum atomic E-state index is -0.246. The number of halogens is 1. The minimum Gasteiger partial charge on any atom is -0.326 e. The zero-order valence-electron chi connectivity index (χ0n) is 14.2. The molecule has 0 fully saturated rings. The minimum absolute atomic E-state index is 0.128. The van der Waals surface area contributed by atoms with Crippen LogP contribution in [0.1, 0.15) is 6.42 Å². The molecule has 0 saturated carbocycles. The number of aryl methyl sites for hydroxylation is 1. The Hall–Kier alpha value is -3.06. The molecule has 0 aliphatic carbocycles. The summed E-state index contributed by atoms with van der Waals surface area (Å²) in [5, 5.41) is 13.4. The molecule has 1 heterocycles. The maximum Gasteiger partial charge on any atom is 0.277 e. The van der Waals surface area contributed by atoms with E-state index >= 15 is 0 Å². The number of rotatable bonds is 4. The van der Waals surface area contributed by atoms with E-state index in [1.807, 2.05) is 36.4 Å². The number of amides is 1. The van der Waals surface area contributed by atoms with Crippen LogP contribution < -0.4 is 10.9 Å². The summed E-state index contributed by atoms with van der Waals surface area (Å²) in [6.07, 6.45) is 0.128. The van der Waals surface area contributed by atoms with Gasteiger partial charge in [0.05, 0.1) is 11.9 Å². The van der Waals surface area contributed by atoms with E-state index in [-0.39, 0.29) is 24.4 Å². The normalized spacial score (nSPS) is 11.0. The summed E-state index contributed by atoms with van der Waals surface area (Å²) in [5.74, 6) is -0.189. The number of carbonyl (C=O) groups excluding carboxylic acids is 1. The SMILES string of the molecule is O=C(CCn1nnc2ccccc2c1=O)Nc1ccc2c(Br)cccc2c1. The van der Waals surface area contributed by atoms with E-state index in [9.17, 15) is 9.59 Å². The van der Waals surface area contributed by atoms with E-state index < -0.39 is 0 Å². The van der Waals surface area contributed by atoms with Crippen molar-refractivity contribution in [1.29, 1.82) is 0 Å². The van der Waals surface area contributed by atoms with Crippen molar-refractivity contribution >= 4 is 49.2 Å². The predicted molar refractivity (Wildman–Crippen MR) is 109 cm³/mol. The van der Waals surface area contributed by atoms with Crippen molar-refractivity contribution in [2.75, 3.05) is 5.32 Å². The van der Waals surface area contributed by atoms with Gasteiger partial charge in [-0.25, -0.2) is 4.68 Å². The van der Waals surface area contributed by atoms with Crippen molar-refractivity contribution in [3.8, 4) is 0 Å². The van der Waals surface area contributed by atoms with Crippen molar-refractivity contribution in [2.24, 2.45) is 0 Å². The molecule has 1 N–H and O–H groups in total. The molecule has 7 heteroatoms. The topological polar surface area (TPSA) is 76.9 Å². The van der Waals surface area contributed by atoms with Gasteiger partial charge in [-0.15, -0.1) is 5.10 Å². The highest BCUT2D eigenvalue weighted by atomic mass is 79.9. The van der Waals surface area contributed by atoms with Gasteiger partial charge in [0.15, 0.2) is 0 Å². The first kappa shape index (κ1) is 17.4. The Morgan fingerprint density at radius 1 is 1.04 bits per heavy atom. The average Bonchev–Trinajstić information content (AvgIpc) is 2.68. The highest BCUT2D eigenvalue weighted by Crippen LogP contribution is 2.26. The zero-order valence-corrected chi connectivity index (χ0v) is 15.8. The summed E-state index contributed by atoms with van der Waals surface area (Å²) in [5.41, 5.74) is 1.01. The fraction of sp³-hybridized carbons (Fsp3) is 0.100. The summed E-state index contributed by atoms with van der Waals surface area (Å²) >= 11 is 3.51. The van der Waals surface area contributed by atoms with E-state index in [0.717, 1.165) is 15.2 Å². The molecule has 3 aromatic carbocycles. The number of hydrogen-bond donors (Lipinski definition) is 1. The molecule has 6 nitrogen and oxygen atoms in total. The number of nitrogens with one attached hydrogen (secondary N) is 1. The molecule has 134 valence electrons. The Labute approximate surface area is 162 Å². The molecular weight excluding hydrogens is 408 g/mol. The standard InChI is InChI=1S/C20H15BrN4O2/c21-17-6-3-4-13-12-14(8-9-15(13)17)22-19(26)10-11-25-20(27)16-5-1-2-7-18(16)23-24-25/h1-9,12H,10-11H2,(H,22,26). The summed E-state index contributed by atoms with van der Waals surface area (Å²) in [6.45, 7) is 0.168. The fourth-order valence-corrected chi connectivity index (χ4v) is 3.44. The van der Waals surface area contributed by atoms with Crippen molar-refractivity contribution in [3.05, 3.63) is 75.5 Å². The maximum atomic E-state index is 12.4. The highest BCUT2D eigenvalue weighted by molar-refractivity contribution is 9.10. The first-order valence-electron chi connectivity index (χ1n) is 8.42. The molecule has 0 unspecified atom stereocenters. The van der Waals surface area contributed by atoms with Crippen LogP contribution in [0.5, 0.6) is 0 Å². The van der Waals surface area contributed by atoms with Crippen molar-refractivity contribution in [2.45, 2.75) is 13.0 Å². The predicted octanol–water partition coefficient (Wildman–Crippen LogP) is 3.74. The van der Waals surface area contributed by atoms with Crippen LogP contribution in [0.4, 0.5) is 5.69 Å². The molecule has 1 amide bonds. The number of hydrogen-bond acceptors (Lipinski definition) is 4. The summed E-state index contributed by atoms with van der Waals surface area (Å²) < 4.78 is 2.23. The lowest BCUT2D eigenvalue weighted by molar-refractivity contribution is -0.116. The molecule has 0 spiro atoms. The third-order valence-corrected chi connectivity index (χ3v) is 4.98. The molecule has 1 aromatic heterocycles. The number of carbonyl (C=O) groups is 1. The maximum absolute atomic E-state index is 12.4. The van der Waals surface area contributed by atoms with Crippen LogP contribution in [-0.4, -0.2) is 20.9 Å². The summed E-state index contributed by atoms with van der Waals surface area (Å²) in [7, 11) is 0. The average molecular weight is 423 g/mol. The molecule has 0 aliphatic heterocycles. The number of nitrogens with zero attached hydrogens (tertiary/aromatic N) is 3. The van der Waals surface area contributed by atoms with Crippen LogP contribution in [0, 0.1) is 0 Å². The van der Waals surface area contributed by atoms with Crippen LogP contribution in [-0.2, 0) is 11.3 Å². The Bertz CT molecular complexity index is 1220. The van der Waals surface area contributed by atoms with Gasteiger partial charge >= 0.3 is 0 Å². The van der Waals surface area contributed by atoms with Gasteiger partial charge in [0.1, 0.15) is 5.52 Å². The van der Waals surface area contributed by atoms with Gasteiger partial charge in [0.25, 0.3) is 5.56 Å². The number of benzene rings is 3. The summed E-state index contributed by atoms with van der Waals surface area (Å²) in [4.78, 5) is 24.7. The Morgan fingerprint density at radius 2 is 1.89 bits per heavy atom. The van der Waals surface area contributed by atoms with E-state index in [0.29, 0.717) is 16.6 Å². The molecule has 0 radical (unpaired) electrons. The van der Waals surface area contributed by atoms with Crippen LogP contribution in [0.3, 0.4) is 0 Å². The first-order valence-corrected chi connectivity index (χ1v) is 9.22. The molecule has 4 rings (SSSR count). The summed E-state index contributed by atoms with van der Waals surface area (Å²) in [6, 6.07) is 18.7. The van der Waals surface area contributed by atoms with Crippen LogP contribution >= 0.6 is 15.9 Å². The monoisotopic (exact) mass is 422 g/mol. The molecule has 0 aliphatic rings. The highest BCUT2D eigenvalue weighted by Gasteiger charge is 2.08. The lowest BCUT2D eigenvalue weighted by Crippen LogP contribution is -2.26. The van der Waals surface area contributed by atoms with Gasteiger partial charge in [-0.3, -0.25) is 9.59 Å². The fourth-order valence-electron chi connectivity index (χ4n) is 2.92. The molecule has 0 bridgehead atoms. The second-order valence-corrected chi connectivity index (χ2v) is 6.96.